The minimum atomic E-state index is -0.352. The quantitative estimate of drug-likeness (QED) is 0.594. The molecule has 2 aromatic carbocycles. The summed E-state index contributed by atoms with van der Waals surface area (Å²) in [5.41, 5.74) is 3.30. The number of H-pyrrole nitrogens is 1. The molecule has 130 valence electrons. The summed E-state index contributed by atoms with van der Waals surface area (Å²) in [6.07, 6.45) is 3.15. The molecule has 0 fully saturated rings. The number of benzene rings is 2. The number of aromatic amines is 1. The lowest BCUT2D eigenvalue weighted by Crippen LogP contribution is -2.24. The zero-order valence-corrected chi connectivity index (χ0v) is 14.1. The van der Waals surface area contributed by atoms with Crippen molar-refractivity contribution in [2.45, 2.75) is 6.54 Å². The van der Waals surface area contributed by atoms with Crippen LogP contribution in [0.1, 0.15) is 16.1 Å². The zero-order chi connectivity index (χ0) is 18.1. The first-order chi connectivity index (χ1) is 12.6. The number of hydrogen-bond donors (Lipinski definition) is 2. The average molecular weight is 347 g/mol. The molecular weight excluding hydrogens is 330 g/mol. The van der Waals surface area contributed by atoms with Crippen LogP contribution in [-0.4, -0.2) is 25.0 Å². The van der Waals surface area contributed by atoms with E-state index < -0.39 is 0 Å². The number of anilines is 1. The van der Waals surface area contributed by atoms with Crippen molar-refractivity contribution in [3.05, 3.63) is 82.8 Å². The first-order valence-corrected chi connectivity index (χ1v) is 8.16. The van der Waals surface area contributed by atoms with E-state index in [4.69, 9.17) is 0 Å². The molecule has 0 bridgehead atoms. The highest BCUT2D eigenvalue weighted by atomic mass is 16.2. The molecule has 0 spiro atoms. The standard InChI is InChI=1S/C19H17N5O2/c1-23-12-21-15-9-14(7-8-16(15)23)22-18(25)17-10-20-19(26)24(17)11-13-5-3-2-4-6-13/h2-10,12H,11H2,1H3,(H,20,26)(H,22,25). The van der Waals surface area contributed by atoms with Gasteiger partial charge in [-0.1, -0.05) is 30.3 Å². The molecule has 2 N–H and O–H groups in total. The molecule has 7 heteroatoms. The van der Waals surface area contributed by atoms with Gasteiger partial charge in [0.1, 0.15) is 5.69 Å². The number of nitrogens with one attached hydrogen (secondary N) is 2. The third kappa shape index (κ3) is 2.90. The Morgan fingerprint density at radius 3 is 2.81 bits per heavy atom. The summed E-state index contributed by atoms with van der Waals surface area (Å²) in [6.45, 7) is 0.325. The van der Waals surface area contributed by atoms with Crippen LogP contribution in [0.2, 0.25) is 0 Å². The number of hydrogen-bond acceptors (Lipinski definition) is 3. The lowest BCUT2D eigenvalue weighted by atomic mass is 10.2. The number of rotatable bonds is 4. The second-order valence-electron chi connectivity index (χ2n) is 6.06. The summed E-state index contributed by atoms with van der Waals surface area (Å²) in [4.78, 5) is 31.6. The smallest absolute Gasteiger partial charge is 0.326 e. The highest BCUT2D eigenvalue weighted by Crippen LogP contribution is 2.18. The van der Waals surface area contributed by atoms with Crippen molar-refractivity contribution in [3.63, 3.8) is 0 Å². The first-order valence-electron chi connectivity index (χ1n) is 8.16. The molecule has 4 rings (SSSR count). The molecule has 0 atom stereocenters. The van der Waals surface area contributed by atoms with Crippen LogP contribution in [0.15, 0.2) is 65.8 Å². The van der Waals surface area contributed by atoms with Crippen molar-refractivity contribution in [3.8, 4) is 0 Å². The van der Waals surface area contributed by atoms with Crippen LogP contribution in [0.4, 0.5) is 5.69 Å². The monoisotopic (exact) mass is 347 g/mol. The van der Waals surface area contributed by atoms with Crippen LogP contribution in [0, 0.1) is 0 Å². The van der Waals surface area contributed by atoms with Crippen LogP contribution in [0.25, 0.3) is 11.0 Å². The lowest BCUT2D eigenvalue weighted by Gasteiger charge is -2.09. The fourth-order valence-corrected chi connectivity index (χ4v) is 2.92. The van der Waals surface area contributed by atoms with Gasteiger partial charge in [0.15, 0.2) is 0 Å². The SMILES string of the molecule is Cn1cnc2cc(NC(=O)c3c[nH]c(=O)n3Cc3ccccc3)ccc21. The summed E-state index contributed by atoms with van der Waals surface area (Å²) >= 11 is 0. The van der Waals surface area contributed by atoms with Gasteiger partial charge in [0.25, 0.3) is 5.91 Å². The number of amides is 1. The molecule has 26 heavy (non-hydrogen) atoms. The number of carbonyl (C=O) groups excluding carboxylic acids is 1. The van der Waals surface area contributed by atoms with E-state index in [0.29, 0.717) is 12.2 Å². The van der Waals surface area contributed by atoms with Crippen molar-refractivity contribution in [1.29, 1.82) is 0 Å². The third-order valence-electron chi connectivity index (χ3n) is 4.27. The van der Waals surface area contributed by atoms with Gasteiger partial charge >= 0.3 is 5.69 Å². The number of nitrogens with zero attached hydrogens (tertiary/aromatic N) is 3. The number of imidazole rings is 2. The van der Waals surface area contributed by atoms with Gasteiger partial charge < -0.3 is 14.9 Å². The first kappa shape index (κ1) is 15.9. The Kier molecular flexibility index (Phi) is 3.89. The van der Waals surface area contributed by atoms with E-state index in [1.54, 1.807) is 12.4 Å². The Hall–Kier alpha value is -3.61. The van der Waals surface area contributed by atoms with Gasteiger partial charge in [0.05, 0.1) is 23.9 Å². The molecule has 2 heterocycles. The van der Waals surface area contributed by atoms with Crippen LogP contribution in [-0.2, 0) is 13.6 Å². The molecule has 1 amide bonds. The lowest BCUT2D eigenvalue weighted by molar-refractivity contribution is 0.101. The molecule has 0 saturated heterocycles. The van der Waals surface area contributed by atoms with E-state index in [-0.39, 0.29) is 17.3 Å². The Bertz CT molecular complexity index is 1140. The van der Waals surface area contributed by atoms with Gasteiger partial charge in [-0.15, -0.1) is 0 Å². The highest BCUT2D eigenvalue weighted by Gasteiger charge is 2.15. The predicted molar refractivity (Wildman–Crippen MR) is 99.3 cm³/mol. The summed E-state index contributed by atoms with van der Waals surface area (Å²) in [6, 6.07) is 15.0. The van der Waals surface area contributed by atoms with E-state index in [2.05, 4.69) is 15.3 Å². The number of aryl methyl sites for hydroxylation is 1. The maximum atomic E-state index is 12.7. The molecule has 4 aromatic rings. The van der Waals surface area contributed by atoms with Gasteiger partial charge in [0.2, 0.25) is 0 Å². The van der Waals surface area contributed by atoms with Gasteiger partial charge in [0, 0.05) is 18.9 Å². The third-order valence-corrected chi connectivity index (χ3v) is 4.27. The van der Waals surface area contributed by atoms with Crippen molar-refractivity contribution in [2.24, 2.45) is 7.05 Å². The van der Waals surface area contributed by atoms with E-state index >= 15 is 0 Å². The van der Waals surface area contributed by atoms with Gasteiger partial charge in [-0.25, -0.2) is 9.78 Å². The largest absolute Gasteiger partial charge is 0.334 e. The maximum absolute atomic E-state index is 12.7. The minimum Gasteiger partial charge on any atom is -0.334 e. The van der Waals surface area contributed by atoms with E-state index in [1.165, 1.54) is 10.8 Å². The second kappa shape index (κ2) is 6.36. The van der Waals surface area contributed by atoms with Crippen LogP contribution >= 0.6 is 0 Å². The molecule has 0 saturated carbocycles. The fraction of sp³-hybridized carbons (Fsp3) is 0.105. The number of carbonyl (C=O) groups is 1. The van der Waals surface area contributed by atoms with Crippen molar-refractivity contribution < 1.29 is 4.79 Å². The summed E-state index contributed by atoms with van der Waals surface area (Å²) in [5.74, 6) is -0.352. The highest BCUT2D eigenvalue weighted by molar-refractivity contribution is 6.03. The Morgan fingerprint density at radius 2 is 2.00 bits per heavy atom. The topological polar surface area (TPSA) is 84.7 Å². The molecule has 0 unspecified atom stereocenters. The summed E-state index contributed by atoms with van der Waals surface area (Å²) in [5, 5.41) is 2.83. The molecule has 0 aliphatic carbocycles. The van der Waals surface area contributed by atoms with E-state index in [1.807, 2.05) is 54.1 Å². The van der Waals surface area contributed by atoms with Crippen LogP contribution < -0.4 is 11.0 Å². The normalized spacial score (nSPS) is 11.0. The molecule has 0 aliphatic rings. The molecule has 2 aromatic heterocycles. The Labute approximate surface area is 148 Å². The predicted octanol–water partition coefficient (Wildman–Crippen LogP) is 2.36. The van der Waals surface area contributed by atoms with Gasteiger partial charge in [-0.3, -0.25) is 9.36 Å². The van der Waals surface area contributed by atoms with E-state index in [0.717, 1.165) is 16.6 Å². The number of fused-ring (bicyclic) bond motifs is 1. The van der Waals surface area contributed by atoms with Gasteiger partial charge in [-0.05, 0) is 23.8 Å². The van der Waals surface area contributed by atoms with Crippen LogP contribution in [0.5, 0.6) is 0 Å². The van der Waals surface area contributed by atoms with Crippen LogP contribution in [0.3, 0.4) is 0 Å². The fourth-order valence-electron chi connectivity index (χ4n) is 2.92. The molecule has 7 nitrogen and oxygen atoms in total. The minimum absolute atomic E-state index is 0.278. The average Bonchev–Trinajstić information content (AvgIpc) is 3.19. The molecular formula is C19H17N5O2. The van der Waals surface area contributed by atoms with Crippen molar-refractivity contribution >= 4 is 22.6 Å². The van der Waals surface area contributed by atoms with Gasteiger partial charge in [-0.2, -0.15) is 0 Å². The number of aromatic nitrogens is 4. The van der Waals surface area contributed by atoms with Crippen molar-refractivity contribution in [2.75, 3.05) is 5.32 Å². The molecule has 0 radical (unpaired) electrons. The zero-order valence-electron chi connectivity index (χ0n) is 14.1. The molecule has 0 aliphatic heterocycles. The summed E-state index contributed by atoms with van der Waals surface area (Å²) in [7, 11) is 1.91. The maximum Gasteiger partial charge on any atom is 0.326 e. The van der Waals surface area contributed by atoms with E-state index in [9.17, 15) is 9.59 Å². The Morgan fingerprint density at radius 1 is 1.19 bits per heavy atom. The summed E-state index contributed by atoms with van der Waals surface area (Å²) < 4.78 is 3.33. The van der Waals surface area contributed by atoms with Crippen molar-refractivity contribution in [1.82, 2.24) is 19.1 Å². The second-order valence-corrected chi connectivity index (χ2v) is 6.06. The Balaban J connectivity index is 1.60.